The van der Waals surface area contributed by atoms with E-state index >= 15 is 0 Å². The zero-order valence-electron chi connectivity index (χ0n) is 9.77. The normalized spacial score (nSPS) is 10.4. The molecule has 0 aliphatic heterocycles. The molecule has 1 aromatic heterocycles. The van der Waals surface area contributed by atoms with Gasteiger partial charge in [0.05, 0.1) is 0 Å². The molecule has 2 N–H and O–H groups in total. The Morgan fingerprint density at radius 2 is 1.94 bits per heavy atom. The SMILES string of the molecule is Cc1ccc(CCc2ccccc2C(N)=O)o1. The third-order valence-electron chi connectivity index (χ3n) is 2.72. The number of carbonyl (C=O) groups is 1. The van der Waals surface area contributed by atoms with Crippen molar-refractivity contribution in [1.82, 2.24) is 0 Å². The van der Waals surface area contributed by atoms with Crippen LogP contribution in [0.25, 0.3) is 0 Å². The smallest absolute Gasteiger partial charge is 0.248 e. The molecule has 0 saturated carbocycles. The molecule has 17 heavy (non-hydrogen) atoms. The van der Waals surface area contributed by atoms with Gasteiger partial charge in [-0.25, -0.2) is 0 Å². The highest BCUT2D eigenvalue weighted by molar-refractivity contribution is 5.94. The van der Waals surface area contributed by atoms with E-state index in [-0.39, 0.29) is 5.91 Å². The lowest BCUT2D eigenvalue weighted by Crippen LogP contribution is -2.13. The number of furan rings is 1. The Morgan fingerprint density at radius 3 is 2.59 bits per heavy atom. The Labute approximate surface area is 100 Å². The molecule has 0 saturated heterocycles. The first kappa shape index (κ1) is 11.5. The Bertz CT molecular complexity index is 529. The predicted octanol–water partition coefficient (Wildman–Crippen LogP) is 2.47. The van der Waals surface area contributed by atoms with Crippen LogP contribution in [-0.4, -0.2) is 5.91 Å². The van der Waals surface area contributed by atoms with Crippen LogP contribution in [0.3, 0.4) is 0 Å². The second kappa shape index (κ2) is 4.87. The minimum Gasteiger partial charge on any atom is -0.466 e. The van der Waals surface area contributed by atoms with Crippen molar-refractivity contribution in [2.45, 2.75) is 19.8 Å². The van der Waals surface area contributed by atoms with Crippen molar-refractivity contribution in [3.8, 4) is 0 Å². The van der Waals surface area contributed by atoms with Gasteiger partial charge in [-0.15, -0.1) is 0 Å². The van der Waals surface area contributed by atoms with Crippen molar-refractivity contribution in [3.05, 3.63) is 59.0 Å². The zero-order valence-corrected chi connectivity index (χ0v) is 9.77. The van der Waals surface area contributed by atoms with Crippen LogP contribution < -0.4 is 5.73 Å². The lowest BCUT2D eigenvalue weighted by molar-refractivity contribution is 0.0999. The molecule has 0 fully saturated rings. The molecule has 0 unspecified atom stereocenters. The summed E-state index contributed by atoms with van der Waals surface area (Å²) in [5.74, 6) is 1.46. The number of aryl methyl sites for hydroxylation is 3. The van der Waals surface area contributed by atoms with Crippen LogP contribution in [0, 0.1) is 6.92 Å². The first-order chi connectivity index (χ1) is 8.16. The summed E-state index contributed by atoms with van der Waals surface area (Å²) in [5, 5.41) is 0. The molecule has 1 aromatic carbocycles. The summed E-state index contributed by atoms with van der Waals surface area (Å²) in [6, 6.07) is 11.3. The van der Waals surface area contributed by atoms with Crippen LogP contribution in [0.4, 0.5) is 0 Å². The van der Waals surface area contributed by atoms with E-state index in [1.807, 2.05) is 37.3 Å². The van der Waals surface area contributed by atoms with Crippen LogP contribution in [0.15, 0.2) is 40.8 Å². The van der Waals surface area contributed by atoms with Gasteiger partial charge in [-0.1, -0.05) is 18.2 Å². The van der Waals surface area contributed by atoms with E-state index in [2.05, 4.69) is 0 Å². The third-order valence-corrected chi connectivity index (χ3v) is 2.72. The van der Waals surface area contributed by atoms with Gasteiger partial charge in [0.25, 0.3) is 0 Å². The minimum absolute atomic E-state index is 0.378. The van der Waals surface area contributed by atoms with E-state index < -0.39 is 0 Å². The van der Waals surface area contributed by atoms with E-state index in [0.29, 0.717) is 5.56 Å². The van der Waals surface area contributed by atoms with Crippen molar-refractivity contribution in [3.63, 3.8) is 0 Å². The Morgan fingerprint density at radius 1 is 1.18 bits per heavy atom. The number of benzene rings is 1. The minimum atomic E-state index is -0.378. The quantitative estimate of drug-likeness (QED) is 0.875. The molecule has 3 nitrogen and oxygen atoms in total. The van der Waals surface area contributed by atoms with Gasteiger partial charge in [-0.3, -0.25) is 4.79 Å². The molecule has 3 heteroatoms. The van der Waals surface area contributed by atoms with Crippen LogP contribution >= 0.6 is 0 Å². The second-order valence-corrected chi connectivity index (χ2v) is 4.03. The average molecular weight is 229 g/mol. The van der Waals surface area contributed by atoms with E-state index in [1.165, 1.54) is 0 Å². The van der Waals surface area contributed by atoms with Gasteiger partial charge in [-0.2, -0.15) is 0 Å². The maximum Gasteiger partial charge on any atom is 0.248 e. The van der Waals surface area contributed by atoms with Crippen molar-refractivity contribution in [1.29, 1.82) is 0 Å². The monoisotopic (exact) mass is 229 g/mol. The zero-order chi connectivity index (χ0) is 12.3. The first-order valence-corrected chi connectivity index (χ1v) is 5.60. The highest BCUT2D eigenvalue weighted by atomic mass is 16.3. The van der Waals surface area contributed by atoms with Gasteiger partial charge < -0.3 is 10.2 Å². The number of hydrogen-bond donors (Lipinski definition) is 1. The molecule has 0 aliphatic rings. The summed E-state index contributed by atoms with van der Waals surface area (Å²) < 4.78 is 5.49. The summed E-state index contributed by atoms with van der Waals surface area (Å²) in [7, 11) is 0. The lowest BCUT2D eigenvalue weighted by atomic mass is 10.0. The molecule has 0 aliphatic carbocycles. The van der Waals surface area contributed by atoms with Gasteiger partial charge in [0.15, 0.2) is 0 Å². The number of nitrogens with two attached hydrogens (primary N) is 1. The van der Waals surface area contributed by atoms with Crippen LogP contribution in [0.5, 0.6) is 0 Å². The summed E-state index contributed by atoms with van der Waals surface area (Å²) in [5.41, 5.74) is 6.89. The molecule has 0 spiro atoms. The fraction of sp³-hybridized carbons (Fsp3) is 0.214. The van der Waals surface area contributed by atoms with E-state index in [9.17, 15) is 4.79 Å². The molecule has 88 valence electrons. The molecule has 2 aromatic rings. The highest BCUT2D eigenvalue weighted by Crippen LogP contribution is 2.13. The molecule has 1 amide bonds. The Hall–Kier alpha value is -2.03. The average Bonchev–Trinajstić information content (AvgIpc) is 2.73. The van der Waals surface area contributed by atoms with Gasteiger partial charge in [0.1, 0.15) is 11.5 Å². The number of carbonyl (C=O) groups excluding carboxylic acids is 1. The van der Waals surface area contributed by atoms with Gasteiger partial charge in [0, 0.05) is 12.0 Å². The third kappa shape index (κ3) is 2.75. The molecule has 0 radical (unpaired) electrons. The maximum absolute atomic E-state index is 11.2. The molecule has 2 rings (SSSR count). The summed E-state index contributed by atoms with van der Waals surface area (Å²) in [6.07, 6.45) is 1.53. The van der Waals surface area contributed by atoms with Gasteiger partial charge in [-0.05, 0) is 37.1 Å². The standard InChI is InChI=1S/C14H15NO2/c1-10-6-8-12(17-10)9-7-11-4-2-3-5-13(11)14(15)16/h2-6,8H,7,9H2,1H3,(H2,15,16). The second-order valence-electron chi connectivity index (χ2n) is 4.03. The Balaban J connectivity index is 2.11. The number of primary amides is 1. The summed E-state index contributed by atoms with van der Waals surface area (Å²) >= 11 is 0. The summed E-state index contributed by atoms with van der Waals surface area (Å²) in [6.45, 7) is 1.92. The number of amides is 1. The highest BCUT2D eigenvalue weighted by Gasteiger charge is 2.07. The van der Waals surface area contributed by atoms with Crippen molar-refractivity contribution in [2.24, 2.45) is 5.73 Å². The topological polar surface area (TPSA) is 56.2 Å². The number of hydrogen-bond acceptors (Lipinski definition) is 2. The fourth-order valence-corrected chi connectivity index (χ4v) is 1.86. The molecule has 0 bridgehead atoms. The van der Waals surface area contributed by atoms with E-state index in [1.54, 1.807) is 6.07 Å². The van der Waals surface area contributed by atoms with Crippen molar-refractivity contribution in [2.75, 3.05) is 0 Å². The van der Waals surface area contributed by atoms with Crippen molar-refractivity contribution >= 4 is 5.91 Å². The molecule has 0 atom stereocenters. The molecular formula is C14H15NO2. The molecular weight excluding hydrogens is 214 g/mol. The Kier molecular flexibility index (Phi) is 3.28. The van der Waals surface area contributed by atoms with Crippen LogP contribution in [0.2, 0.25) is 0 Å². The summed E-state index contributed by atoms with van der Waals surface area (Å²) in [4.78, 5) is 11.2. The predicted molar refractivity (Wildman–Crippen MR) is 65.8 cm³/mol. The fourth-order valence-electron chi connectivity index (χ4n) is 1.86. The molecule has 1 heterocycles. The van der Waals surface area contributed by atoms with Crippen LogP contribution in [-0.2, 0) is 12.8 Å². The van der Waals surface area contributed by atoms with E-state index in [0.717, 1.165) is 29.9 Å². The largest absolute Gasteiger partial charge is 0.466 e. The lowest BCUT2D eigenvalue weighted by Gasteiger charge is -2.04. The van der Waals surface area contributed by atoms with Crippen LogP contribution in [0.1, 0.15) is 27.4 Å². The first-order valence-electron chi connectivity index (χ1n) is 5.60. The maximum atomic E-state index is 11.2. The van der Waals surface area contributed by atoms with Crippen molar-refractivity contribution < 1.29 is 9.21 Å². The van der Waals surface area contributed by atoms with Gasteiger partial charge in [0.2, 0.25) is 5.91 Å². The number of rotatable bonds is 4. The van der Waals surface area contributed by atoms with E-state index in [4.69, 9.17) is 10.2 Å². The van der Waals surface area contributed by atoms with Gasteiger partial charge >= 0.3 is 0 Å².